The number of hydrogen-bond acceptors (Lipinski definition) is 5. The van der Waals surface area contributed by atoms with Gasteiger partial charge in [0.25, 0.3) is 0 Å². The number of amides is 1. The Hall–Kier alpha value is -0.267. The zero-order chi connectivity index (χ0) is 15.5. The van der Waals surface area contributed by atoms with Crippen LogP contribution in [0.15, 0.2) is 0 Å². The maximum atomic E-state index is 11.5. The van der Waals surface area contributed by atoms with Gasteiger partial charge in [-0.2, -0.15) is 25.3 Å². The molecule has 0 saturated heterocycles. The molecule has 3 N–H and O–H groups in total. The first kappa shape index (κ1) is 23.0. The molecule has 0 heterocycles. The monoisotopic (exact) mass is 387 g/mol. The number of thiol groups is 2. The number of carbonyl (C=O) groups excluding carboxylic acids is 1. The molecule has 21 heavy (non-hydrogen) atoms. The first-order valence-electron chi connectivity index (χ1n) is 6.39. The van der Waals surface area contributed by atoms with E-state index in [4.69, 9.17) is 10.2 Å². The van der Waals surface area contributed by atoms with Crippen LogP contribution in [-0.4, -0.2) is 45.1 Å². The quantitative estimate of drug-likeness (QED) is 0.208. The summed E-state index contributed by atoms with van der Waals surface area (Å²) in [5.74, 6) is -2.28. The van der Waals surface area contributed by atoms with Gasteiger partial charge in [-0.3, -0.25) is 9.59 Å². The van der Waals surface area contributed by atoms with Crippen molar-refractivity contribution in [3.8, 4) is 0 Å². The summed E-state index contributed by atoms with van der Waals surface area (Å²) < 4.78 is 0. The molecule has 0 aromatic carbocycles. The van der Waals surface area contributed by atoms with Gasteiger partial charge in [0.15, 0.2) is 0 Å². The number of hydrogen-bond donors (Lipinski definition) is 5. The molecule has 0 radical (unpaired) electrons. The van der Waals surface area contributed by atoms with E-state index in [9.17, 15) is 14.4 Å². The fourth-order valence-electron chi connectivity index (χ4n) is 1.60. The number of carboxylic acids is 2. The van der Waals surface area contributed by atoms with E-state index in [1.807, 2.05) is 0 Å². The average Bonchev–Trinajstić information content (AvgIpc) is 2.33. The third kappa shape index (κ3) is 13.1. The van der Waals surface area contributed by atoms with E-state index in [-0.39, 0.29) is 31.1 Å². The average molecular weight is 389 g/mol. The SMILES string of the molecule is O=C(O)CC(NC(=O)CCCCC(S)CCS)C(=O)O.[Zn]. The van der Waals surface area contributed by atoms with Crippen LogP contribution in [-0.2, 0) is 33.9 Å². The molecule has 0 aromatic heterocycles. The Labute approximate surface area is 148 Å². The van der Waals surface area contributed by atoms with Crippen LogP contribution in [0.1, 0.15) is 38.5 Å². The van der Waals surface area contributed by atoms with Crippen LogP contribution < -0.4 is 5.32 Å². The van der Waals surface area contributed by atoms with E-state index in [1.54, 1.807) is 0 Å². The second-order valence-corrected chi connectivity index (χ2v) is 5.65. The predicted molar refractivity (Wildman–Crippen MR) is 81.5 cm³/mol. The first-order chi connectivity index (χ1) is 9.36. The van der Waals surface area contributed by atoms with Crippen molar-refractivity contribution in [1.82, 2.24) is 5.32 Å². The van der Waals surface area contributed by atoms with Crippen LogP contribution in [0.5, 0.6) is 0 Å². The number of nitrogens with one attached hydrogen (secondary N) is 1. The summed E-state index contributed by atoms with van der Waals surface area (Å²) in [5.41, 5.74) is 0. The minimum absolute atomic E-state index is 0. The molecule has 0 aliphatic heterocycles. The van der Waals surface area contributed by atoms with E-state index in [1.165, 1.54) is 0 Å². The molecule has 0 aliphatic rings. The summed E-state index contributed by atoms with van der Waals surface area (Å²) >= 11 is 8.47. The van der Waals surface area contributed by atoms with Crippen LogP contribution in [0.3, 0.4) is 0 Å². The van der Waals surface area contributed by atoms with E-state index in [0.717, 1.165) is 25.0 Å². The van der Waals surface area contributed by atoms with Crippen LogP contribution in [0.25, 0.3) is 0 Å². The summed E-state index contributed by atoms with van der Waals surface area (Å²) in [4.78, 5) is 32.7. The van der Waals surface area contributed by atoms with E-state index < -0.39 is 30.3 Å². The zero-order valence-electron chi connectivity index (χ0n) is 11.8. The Morgan fingerprint density at radius 3 is 2.19 bits per heavy atom. The van der Waals surface area contributed by atoms with Gasteiger partial charge < -0.3 is 15.5 Å². The van der Waals surface area contributed by atoms with E-state index in [0.29, 0.717) is 6.42 Å². The van der Waals surface area contributed by atoms with Crippen molar-refractivity contribution in [2.75, 3.05) is 5.75 Å². The van der Waals surface area contributed by atoms with Gasteiger partial charge in [0.1, 0.15) is 6.04 Å². The second kappa shape index (κ2) is 13.4. The van der Waals surface area contributed by atoms with Crippen LogP contribution in [0, 0.1) is 0 Å². The molecular formula is C12H21NO5S2Zn. The van der Waals surface area contributed by atoms with Crippen molar-refractivity contribution in [3.05, 3.63) is 0 Å². The number of rotatable bonds is 11. The van der Waals surface area contributed by atoms with Gasteiger partial charge in [0, 0.05) is 31.1 Å². The number of carbonyl (C=O) groups is 3. The molecule has 6 nitrogen and oxygen atoms in total. The molecule has 0 bridgehead atoms. The van der Waals surface area contributed by atoms with Crippen molar-refractivity contribution >= 4 is 43.1 Å². The van der Waals surface area contributed by atoms with Gasteiger partial charge in [0.2, 0.25) is 5.91 Å². The molecule has 9 heteroatoms. The molecule has 0 saturated carbocycles. The van der Waals surface area contributed by atoms with Gasteiger partial charge in [-0.1, -0.05) is 6.42 Å². The summed E-state index contributed by atoms with van der Waals surface area (Å²) in [6, 6.07) is -1.37. The summed E-state index contributed by atoms with van der Waals surface area (Å²) in [6.07, 6.45) is 2.76. The van der Waals surface area contributed by atoms with Crippen molar-refractivity contribution in [3.63, 3.8) is 0 Å². The van der Waals surface area contributed by atoms with Gasteiger partial charge in [0.05, 0.1) is 6.42 Å². The van der Waals surface area contributed by atoms with Crippen molar-refractivity contribution in [1.29, 1.82) is 0 Å². The van der Waals surface area contributed by atoms with Crippen LogP contribution >= 0.6 is 25.3 Å². The van der Waals surface area contributed by atoms with E-state index in [2.05, 4.69) is 30.6 Å². The summed E-state index contributed by atoms with van der Waals surface area (Å²) in [6.45, 7) is 0. The zero-order valence-corrected chi connectivity index (χ0v) is 16.6. The van der Waals surface area contributed by atoms with Gasteiger partial charge in [-0.15, -0.1) is 0 Å². The number of aliphatic carboxylic acids is 2. The Kier molecular flexibility index (Phi) is 14.7. The minimum atomic E-state index is -1.37. The Balaban J connectivity index is 0. The Bertz CT molecular complexity index is 344. The fourth-order valence-corrected chi connectivity index (χ4v) is 2.43. The third-order valence-corrected chi connectivity index (χ3v) is 3.44. The Morgan fingerprint density at radius 1 is 1.10 bits per heavy atom. The molecule has 1 amide bonds. The molecule has 0 spiro atoms. The topological polar surface area (TPSA) is 104 Å². The third-order valence-electron chi connectivity index (χ3n) is 2.67. The Morgan fingerprint density at radius 2 is 1.71 bits per heavy atom. The summed E-state index contributed by atoms with van der Waals surface area (Å²) in [5, 5.41) is 19.8. The smallest absolute Gasteiger partial charge is 0.326 e. The van der Waals surface area contributed by atoms with Gasteiger partial charge >= 0.3 is 11.9 Å². The standard InChI is InChI=1S/C12H21NO5S2.Zn/c14-10(4-2-1-3-8(20)5-6-19)13-9(12(17)18)7-11(15)16;/h8-9,19-20H,1-7H2,(H,13,14)(H,15,16)(H,17,18);. The number of unbranched alkanes of at least 4 members (excludes halogenated alkanes) is 1. The first-order valence-corrected chi connectivity index (χ1v) is 7.54. The normalized spacial score (nSPS) is 12.9. The maximum absolute atomic E-state index is 11.5. The van der Waals surface area contributed by atoms with E-state index >= 15 is 0 Å². The molecule has 0 aliphatic carbocycles. The second-order valence-electron chi connectivity index (χ2n) is 4.47. The fraction of sp³-hybridized carbons (Fsp3) is 0.750. The largest absolute Gasteiger partial charge is 0.481 e. The van der Waals surface area contributed by atoms with Gasteiger partial charge in [-0.05, 0) is 25.0 Å². The summed E-state index contributed by atoms with van der Waals surface area (Å²) in [7, 11) is 0. The van der Waals surface area contributed by atoms with Crippen LogP contribution in [0.4, 0.5) is 0 Å². The van der Waals surface area contributed by atoms with Crippen molar-refractivity contribution in [2.24, 2.45) is 0 Å². The van der Waals surface area contributed by atoms with Crippen molar-refractivity contribution < 1.29 is 44.1 Å². The van der Waals surface area contributed by atoms with Crippen molar-refractivity contribution in [2.45, 2.75) is 49.8 Å². The molecule has 0 rings (SSSR count). The molecule has 118 valence electrons. The molecule has 0 aromatic rings. The van der Waals surface area contributed by atoms with Gasteiger partial charge in [-0.25, -0.2) is 4.79 Å². The minimum Gasteiger partial charge on any atom is -0.481 e. The maximum Gasteiger partial charge on any atom is 0.326 e. The predicted octanol–water partition coefficient (Wildman–Crippen LogP) is 1.21. The molecular weight excluding hydrogens is 368 g/mol. The number of carboxylic acid groups (broad SMARTS) is 2. The molecule has 0 fully saturated rings. The molecule has 2 unspecified atom stereocenters. The van der Waals surface area contributed by atoms with Crippen LogP contribution in [0.2, 0.25) is 0 Å². The molecule has 2 atom stereocenters.